The van der Waals surface area contributed by atoms with Crippen LogP contribution in [0.4, 0.5) is 10.5 Å². The topological polar surface area (TPSA) is 48.1 Å². The molecule has 0 fully saturated rings. The van der Waals surface area contributed by atoms with E-state index in [0.717, 1.165) is 39.8 Å². The number of nitrogens with zero attached hydrogens (tertiary/aromatic N) is 1. The number of rotatable bonds is 2. The molecule has 2 heterocycles. The van der Waals surface area contributed by atoms with Crippen molar-refractivity contribution in [2.24, 2.45) is 0 Å². The fourth-order valence-electron chi connectivity index (χ4n) is 4.49. The predicted octanol–water partition coefficient (Wildman–Crippen LogP) is 7.27. The van der Waals surface area contributed by atoms with Crippen LogP contribution in [-0.4, -0.2) is 22.5 Å². The van der Waals surface area contributed by atoms with Crippen LogP contribution in [0.15, 0.2) is 60.7 Å². The Morgan fingerprint density at radius 2 is 1.72 bits per heavy atom. The van der Waals surface area contributed by atoms with Gasteiger partial charge in [0.1, 0.15) is 0 Å². The monoisotopic (exact) mass is 463 g/mol. The van der Waals surface area contributed by atoms with E-state index in [9.17, 15) is 4.79 Å². The van der Waals surface area contributed by atoms with Crippen LogP contribution < -0.4 is 5.32 Å². The minimum absolute atomic E-state index is 0.150. The quantitative estimate of drug-likeness (QED) is 0.322. The lowest BCUT2D eigenvalue weighted by Gasteiger charge is -2.36. The highest BCUT2D eigenvalue weighted by Crippen LogP contribution is 2.39. The summed E-state index contributed by atoms with van der Waals surface area (Å²) < 4.78 is 0. The number of carbonyl (C=O) groups excluding carboxylic acids is 1. The highest BCUT2D eigenvalue weighted by Gasteiger charge is 2.34. The van der Waals surface area contributed by atoms with Crippen molar-refractivity contribution in [1.82, 2.24) is 9.88 Å². The van der Waals surface area contributed by atoms with Gasteiger partial charge in [-0.25, -0.2) is 4.79 Å². The normalized spacial score (nSPS) is 15.6. The van der Waals surface area contributed by atoms with Crippen molar-refractivity contribution < 1.29 is 4.79 Å². The number of urea groups is 1. The number of hydrogen-bond donors (Lipinski definition) is 2. The molecule has 0 radical (unpaired) electrons. The Hall–Kier alpha value is -2.95. The van der Waals surface area contributed by atoms with Gasteiger partial charge in [-0.15, -0.1) is 0 Å². The zero-order chi connectivity index (χ0) is 22.4. The van der Waals surface area contributed by atoms with E-state index in [1.54, 1.807) is 6.07 Å². The first kappa shape index (κ1) is 20.9. The number of carbonyl (C=O) groups is 1. The van der Waals surface area contributed by atoms with Gasteiger partial charge in [-0.1, -0.05) is 59.1 Å². The van der Waals surface area contributed by atoms with Crippen LogP contribution in [0, 0.1) is 13.8 Å². The number of aromatic nitrogens is 1. The van der Waals surface area contributed by atoms with E-state index < -0.39 is 0 Å². The van der Waals surface area contributed by atoms with E-state index in [1.807, 2.05) is 42.2 Å². The summed E-state index contributed by atoms with van der Waals surface area (Å²) in [5.74, 6) is 0. The average molecular weight is 464 g/mol. The van der Waals surface area contributed by atoms with Gasteiger partial charge in [-0.05, 0) is 67.3 Å². The number of benzene rings is 3. The largest absolute Gasteiger partial charge is 0.356 e. The zero-order valence-electron chi connectivity index (χ0n) is 17.9. The number of aromatic amines is 1. The molecule has 162 valence electrons. The molecule has 2 amide bonds. The molecule has 4 aromatic rings. The molecule has 0 saturated carbocycles. The first-order valence-electron chi connectivity index (χ1n) is 10.6. The lowest BCUT2D eigenvalue weighted by atomic mass is 9.92. The van der Waals surface area contributed by atoms with Gasteiger partial charge >= 0.3 is 6.03 Å². The molecule has 0 bridgehead atoms. The summed E-state index contributed by atoms with van der Waals surface area (Å²) in [5, 5.41) is 5.50. The predicted molar refractivity (Wildman–Crippen MR) is 132 cm³/mol. The van der Waals surface area contributed by atoms with E-state index in [4.69, 9.17) is 23.2 Å². The Bertz CT molecular complexity index is 1330. The molecule has 1 atom stereocenters. The second kappa shape index (κ2) is 8.19. The molecule has 32 heavy (non-hydrogen) atoms. The van der Waals surface area contributed by atoms with Crippen molar-refractivity contribution in [3.63, 3.8) is 0 Å². The maximum Gasteiger partial charge on any atom is 0.322 e. The molecule has 0 unspecified atom stereocenters. The minimum atomic E-state index is -0.231. The molecule has 0 spiro atoms. The molecule has 2 N–H and O–H groups in total. The summed E-state index contributed by atoms with van der Waals surface area (Å²) >= 11 is 12.5. The van der Waals surface area contributed by atoms with Crippen LogP contribution in [0.25, 0.3) is 10.9 Å². The van der Waals surface area contributed by atoms with Gasteiger partial charge in [0.25, 0.3) is 0 Å². The molecule has 1 aliphatic rings. The standard InChI is InChI=1S/C26H23Cl2N3O/c1-15-3-6-17(7-4-15)25-24-20(21-13-18(27)9-10-22(21)29-24)11-12-31(25)26(32)30-23-14-19(28)8-5-16(23)2/h3-10,13-14,25,29H,11-12H2,1-2H3,(H,30,32)/t25-/m1/s1. The third kappa shape index (κ3) is 3.74. The number of nitrogens with one attached hydrogen (secondary N) is 2. The molecule has 0 aliphatic carbocycles. The first-order chi connectivity index (χ1) is 15.4. The molecule has 0 saturated heterocycles. The number of hydrogen-bond acceptors (Lipinski definition) is 1. The van der Waals surface area contributed by atoms with Crippen molar-refractivity contribution >= 4 is 45.8 Å². The highest BCUT2D eigenvalue weighted by molar-refractivity contribution is 6.31. The van der Waals surface area contributed by atoms with E-state index in [-0.39, 0.29) is 12.1 Å². The summed E-state index contributed by atoms with van der Waals surface area (Å²) in [6.45, 7) is 4.61. The van der Waals surface area contributed by atoms with Gasteiger partial charge in [0.05, 0.1) is 6.04 Å². The molecule has 6 heteroatoms. The Kier molecular flexibility index (Phi) is 5.36. The third-order valence-corrected chi connectivity index (χ3v) is 6.65. The number of amides is 2. The maximum atomic E-state index is 13.5. The molecular weight excluding hydrogens is 441 g/mol. The van der Waals surface area contributed by atoms with Crippen LogP contribution >= 0.6 is 23.2 Å². The summed E-state index contributed by atoms with van der Waals surface area (Å²) in [6.07, 6.45) is 0.750. The Labute approximate surface area is 197 Å². The summed E-state index contributed by atoms with van der Waals surface area (Å²) in [5.41, 5.74) is 7.22. The lowest BCUT2D eigenvalue weighted by molar-refractivity contribution is 0.193. The van der Waals surface area contributed by atoms with E-state index in [1.165, 1.54) is 11.1 Å². The minimum Gasteiger partial charge on any atom is -0.356 e. The molecular formula is C26H23Cl2N3O. The molecule has 4 nitrogen and oxygen atoms in total. The van der Waals surface area contributed by atoms with Gasteiger partial charge in [0.2, 0.25) is 0 Å². The fourth-order valence-corrected chi connectivity index (χ4v) is 4.83. The van der Waals surface area contributed by atoms with Crippen molar-refractivity contribution in [2.75, 3.05) is 11.9 Å². The van der Waals surface area contributed by atoms with Crippen molar-refractivity contribution in [1.29, 1.82) is 0 Å². The summed E-state index contributed by atoms with van der Waals surface area (Å²) in [4.78, 5) is 19.0. The lowest BCUT2D eigenvalue weighted by Crippen LogP contribution is -2.43. The number of fused-ring (bicyclic) bond motifs is 3. The van der Waals surface area contributed by atoms with Gasteiger partial charge in [0.15, 0.2) is 0 Å². The van der Waals surface area contributed by atoms with Crippen LogP contribution in [0.3, 0.4) is 0 Å². The second-order valence-electron chi connectivity index (χ2n) is 8.35. The van der Waals surface area contributed by atoms with Crippen LogP contribution in [0.5, 0.6) is 0 Å². The second-order valence-corrected chi connectivity index (χ2v) is 9.23. The van der Waals surface area contributed by atoms with Crippen LogP contribution in [0.2, 0.25) is 10.0 Å². The molecule has 3 aromatic carbocycles. The van der Waals surface area contributed by atoms with Gasteiger partial charge < -0.3 is 15.2 Å². The highest BCUT2D eigenvalue weighted by atomic mass is 35.5. The van der Waals surface area contributed by atoms with Crippen molar-refractivity contribution in [3.8, 4) is 0 Å². The number of H-pyrrole nitrogens is 1. The number of halogens is 2. The number of aryl methyl sites for hydroxylation is 2. The Morgan fingerprint density at radius 3 is 2.50 bits per heavy atom. The third-order valence-electron chi connectivity index (χ3n) is 6.18. The molecule has 1 aliphatic heterocycles. The zero-order valence-corrected chi connectivity index (χ0v) is 19.4. The van der Waals surface area contributed by atoms with Gasteiger partial charge in [-0.2, -0.15) is 0 Å². The SMILES string of the molecule is Cc1ccc([C@@H]2c3[nH]c4ccc(Cl)cc4c3CCN2C(=O)Nc2cc(Cl)ccc2C)cc1. The summed E-state index contributed by atoms with van der Waals surface area (Å²) in [7, 11) is 0. The fraction of sp³-hybridized carbons (Fsp3) is 0.192. The van der Waals surface area contributed by atoms with Crippen LogP contribution in [-0.2, 0) is 6.42 Å². The Morgan fingerprint density at radius 1 is 1.00 bits per heavy atom. The van der Waals surface area contributed by atoms with Crippen LogP contribution in [0.1, 0.15) is 34.0 Å². The maximum absolute atomic E-state index is 13.5. The average Bonchev–Trinajstić information content (AvgIpc) is 3.14. The smallest absolute Gasteiger partial charge is 0.322 e. The first-order valence-corrected chi connectivity index (χ1v) is 11.4. The van der Waals surface area contributed by atoms with E-state index in [0.29, 0.717) is 16.6 Å². The van der Waals surface area contributed by atoms with Gasteiger partial charge in [0, 0.05) is 38.9 Å². The number of anilines is 1. The van der Waals surface area contributed by atoms with E-state index in [2.05, 4.69) is 41.5 Å². The van der Waals surface area contributed by atoms with Crippen molar-refractivity contribution in [3.05, 3.63) is 98.7 Å². The summed E-state index contributed by atoms with van der Waals surface area (Å²) in [6, 6.07) is 19.4. The Balaban J connectivity index is 1.59. The molecule has 1 aromatic heterocycles. The van der Waals surface area contributed by atoms with Crippen molar-refractivity contribution in [2.45, 2.75) is 26.3 Å². The van der Waals surface area contributed by atoms with E-state index >= 15 is 0 Å². The molecule has 5 rings (SSSR count). The van der Waals surface area contributed by atoms with Gasteiger partial charge in [-0.3, -0.25) is 0 Å².